The molecule has 6 nitrogen and oxygen atoms in total. The number of aliphatic hydroxyl groups excluding tert-OH is 2. The van der Waals surface area contributed by atoms with E-state index < -0.39 is 39.8 Å². The van der Waals surface area contributed by atoms with Gasteiger partial charge in [-0.2, -0.15) is 0 Å². The molecule has 0 unspecified atom stereocenters. The maximum atomic E-state index is 12.3. The third kappa shape index (κ3) is 1.95. The third-order valence-corrected chi connectivity index (χ3v) is 8.90. The lowest BCUT2D eigenvalue weighted by Gasteiger charge is -2.68. The molecule has 8 atom stereocenters. The summed E-state index contributed by atoms with van der Waals surface area (Å²) in [5, 5.41) is 32.2. The van der Waals surface area contributed by atoms with Crippen molar-refractivity contribution in [2.45, 2.75) is 71.5 Å². The Morgan fingerprint density at radius 1 is 1.08 bits per heavy atom. The van der Waals surface area contributed by atoms with Crippen LogP contribution in [0.25, 0.3) is 0 Å². The summed E-state index contributed by atoms with van der Waals surface area (Å²) in [5.74, 6) is -1.40. The Morgan fingerprint density at radius 2 is 1.77 bits per heavy atom. The van der Waals surface area contributed by atoms with Gasteiger partial charge in [-0.15, -0.1) is 0 Å². The summed E-state index contributed by atoms with van der Waals surface area (Å²) in [4.78, 5) is 24.4. The van der Waals surface area contributed by atoms with Gasteiger partial charge in [-0.1, -0.05) is 6.92 Å². The minimum atomic E-state index is -0.956. The van der Waals surface area contributed by atoms with Gasteiger partial charge in [-0.05, 0) is 64.2 Å². The van der Waals surface area contributed by atoms with Gasteiger partial charge in [0.15, 0.2) is 0 Å². The molecule has 1 heterocycles. The molecule has 3 N–H and O–H groups in total. The quantitative estimate of drug-likeness (QED) is 0.613. The third-order valence-electron chi connectivity index (χ3n) is 8.90. The van der Waals surface area contributed by atoms with E-state index in [4.69, 9.17) is 4.74 Å². The van der Waals surface area contributed by atoms with E-state index in [1.807, 2.05) is 13.8 Å². The van der Waals surface area contributed by atoms with Crippen molar-refractivity contribution in [3.8, 4) is 0 Å². The Bertz CT molecular complexity index is 663. The van der Waals surface area contributed by atoms with Crippen LogP contribution in [0.1, 0.15) is 59.3 Å². The van der Waals surface area contributed by atoms with Crippen LogP contribution in [0.4, 0.5) is 0 Å². The van der Waals surface area contributed by atoms with Crippen molar-refractivity contribution in [3.05, 3.63) is 0 Å². The lowest BCUT2D eigenvalue weighted by molar-refractivity contribution is -0.275. The second-order valence-corrected chi connectivity index (χ2v) is 10.1. The molecule has 4 fully saturated rings. The second-order valence-electron chi connectivity index (χ2n) is 10.1. The van der Waals surface area contributed by atoms with E-state index in [1.54, 1.807) is 6.92 Å². The van der Waals surface area contributed by atoms with Crippen molar-refractivity contribution in [2.75, 3.05) is 6.61 Å². The molecule has 0 radical (unpaired) electrons. The normalized spacial score (nSPS) is 56.1. The number of carbonyl (C=O) groups excluding carboxylic acids is 1. The highest BCUT2D eigenvalue weighted by Gasteiger charge is 2.71. The smallest absolute Gasteiger partial charge is 0.311 e. The molecule has 4 rings (SSSR count). The largest absolute Gasteiger partial charge is 0.481 e. The van der Waals surface area contributed by atoms with Crippen LogP contribution in [0.2, 0.25) is 0 Å². The minimum Gasteiger partial charge on any atom is -0.481 e. The van der Waals surface area contributed by atoms with Crippen molar-refractivity contribution in [1.82, 2.24) is 0 Å². The van der Waals surface area contributed by atoms with E-state index in [2.05, 4.69) is 0 Å². The molecule has 0 aromatic rings. The summed E-state index contributed by atoms with van der Waals surface area (Å²) in [6.07, 6.45) is 1.81. The molecule has 4 aliphatic rings. The minimum absolute atomic E-state index is 0.0566. The average molecular weight is 366 g/mol. The number of hydrogen-bond donors (Lipinski definition) is 3. The van der Waals surface area contributed by atoms with Gasteiger partial charge in [0.25, 0.3) is 0 Å². The van der Waals surface area contributed by atoms with E-state index in [1.165, 1.54) is 0 Å². The summed E-state index contributed by atoms with van der Waals surface area (Å²) in [5.41, 5.74) is -2.73. The van der Waals surface area contributed by atoms with Crippen LogP contribution in [0.15, 0.2) is 0 Å². The average Bonchev–Trinajstić information content (AvgIpc) is 2.58. The molecular formula is C20H30O6. The van der Waals surface area contributed by atoms with Crippen LogP contribution in [-0.4, -0.2) is 46.1 Å². The summed E-state index contributed by atoms with van der Waals surface area (Å²) < 4.78 is 5.54. The van der Waals surface area contributed by atoms with E-state index in [0.717, 1.165) is 0 Å². The number of aliphatic carboxylic acids is 1. The summed E-state index contributed by atoms with van der Waals surface area (Å²) >= 11 is 0. The number of carboxylic acid groups (broad SMARTS) is 1. The van der Waals surface area contributed by atoms with Crippen LogP contribution in [0, 0.1) is 33.5 Å². The molecule has 0 aromatic heterocycles. The first kappa shape index (κ1) is 18.2. The molecule has 3 aliphatic carbocycles. The molecule has 0 amide bonds. The lowest BCUT2D eigenvalue weighted by atomic mass is 9.37. The fraction of sp³-hybridized carbons (Fsp3) is 0.900. The standard InChI is InChI=1S/C20H30O6/c1-17-6-4-11-19(3)12(18(2,15(23)24)7-5-13(19)21)8-14(22)20(11,9-17)10-26-16(17)25/h11-14,21-22H,4-10H2,1-3H3,(H,23,24)/t11-,12+,13-,14-,17-,18+,19-,20-/m0/s1. The maximum Gasteiger partial charge on any atom is 0.311 e. The summed E-state index contributed by atoms with van der Waals surface area (Å²) in [6.45, 7) is 5.86. The molecule has 26 heavy (non-hydrogen) atoms. The van der Waals surface area contributed by atoms with Gasteiger partial charge in [0.05, 0.1) is 29.6 Å². The van der Waals surface area contributed by atoms with Crippen LogP contribution in [0.5, 0.6) is 0 Å². The number of cyclic esters (lactones) is 1. The van der Waals surface area contributed by atoms with Gasteiger partial charge >= 0.3 is 11.9 Å². The number of carboxylic acids is 1. The first-order valence-electron chi connectivity index (χ1n) is 9.77. The Labute approximate surface area is 153 Å². The van der Waals surface area contributed by atoms with Gasteiger partial charge in [-0.25, -0.2) is 0 Å². The van der Waals surface area contributed by atoms with Crippen LogP contribution in [-0.2, 0) is 14.3 Å². The number of rotatable bonds is 1. The van der Waals surface area contributed by atoms with Crippen molar-refractivity contribution >= 4 is 11.9 Å². The molecule has 1 aliphatic heterocycles. The number of fused-ring (bicyclic) bond motifs is 3. The predicted molar refractivity (Wildman–Crippen MR) is 92.0 cm³/mol. The monoisotopic (exact) mass is 366 g/mol. The number of aliphatic hydroxyl groups is 2. The zero-order valence-electron chi connectivity index (χ0n) is 15.8. The van der Waals surface area contributed by atoms with E-state index in [0.29, 0.717) is 38.5 Å². The SMILES string of the molecule is C[C@@]12CC[C@@H]3[C@@](COC1=O)(C2)[C@@H](O)C[C@H]1[C@@]3(C)[C@@H](O)CC[C@@]1(C)C(=O)O. The van der Waals surface area contributed by atoms with Crippen molar-refractivity contribution < 1.29 is 29.6 Å². The van der Waals surface area contributed by atoms with Crippen molar-refractivity contribution in [2.24, 2.45) is 33.5 Å². The van der Waals surface area contributed by atoms with Gasteiger partial charge in [0, 0.05) is 10.8 Å². The molecule has 1 saturated heterocycles. The van der Waals surface area contributed by atoms with Gasteiger partial charge < -0.3 is 20.1 Å². The first-order chi connectivity index (χ1) is 12.0. The zero-order valence-corrected chi connectivity index (χ0v) is 15.8. The van der Waals surface area contributed by atoms with Crippen molar-refractivity contribution in [1.29, 1.82) is 0 Å². The van der Waals surface area contributed by atoms with E-state index >= 15 is 0 Å². The number of ether oxygens (including phenoxy) is 1. The van der Waals surface area contributed by atoms with E-state index in [9.17, 15) is 24.9 Å². The highest BCUT2D eigenvalue weighted by atomic mass is 16.5. The topological polar surface area (TPSA) is 104 Å². The number of carbonyl (C=O) groups is 2. The fourth-order valence-corrected chi connectivity index (χ4v) is 7.31. The fourth-order valence-electron chi connectivity index (χ4n) is 7.31. The van der Waals surface area contributed by atoms with Crippen LogP contribution in [0.3, 0.4) is 0 Å². The van der Waals surface area contributed by atoms with Gasteiger partial charge in [0.1, 0.15) is 0 Å². The summed E-state index contributed by atoms with van der Waals surface area (Å²) in [6, 6.07) is 0. The second kappa shape index (κ2) is 5.22. The Hall–Kier alpha value is -1.14. The van der Waals surface area contributed by atoms with Gasteiger partial charge in [0.2, 0.25) is 0 Å². The summed E-state index contributed by atoms with van der Waals surface area (Å²) in [7, 11) is 0. The Morgan fingerprint density at radius 3 is 2.42 bits per heavy atom. The maximum absolute atomic E-state index is 12.3. The molecule has 3 saturated carbocycles. The highest BCUT2D eigenvalue weighted by Crippen LogP contribution is 2.70. The predicted octanol–water partition coefficient (Wildman–Crippen LogP) is 1.97. The number of esters is 1. The lowest BCUT2D eigenvalue weighted by Crippen LogP contribution is -2.71. The number of hydrogen-bond acceptors (Lipinski definition) is 5. The van der Waals surface area contributed by atoms with E-state index in [-0.39, 0.29) is 24.4 Å². The first-order valence-corrected chi connectivity index (χ1v) is 9.77. The van der Waals surface area contributed by atoms with Crippen LogP contribution < -0.4 is 0 Å². The van der Waals surface area contributed by atoms with Crippen molar-refractivity contribution in [3.63, 3.8) is 0 Å². The Balaban J connectivity index is 1.82. The Kier molecular flexibility index (Phi) is 3.66. The molecule has 6 heteroatoms. The van der Waals surface area contributed by atoms with Gasteiger partial charge in [-0.3, -0.25) is 9.59 Å². The van der Waals surface area contributed by atoms with Crippen LogP contribution >= 0.6 is 0 Å². The molecular weight excluding hydrogens is 336 g/mol. The molecule has 146 valence electrons. The molecule has 0 aromatic carbocycles. The highest BCUT2D eigenvalue weighted by molar-refractivity contribution is 5.78. The zero-order chi connectivity index (χ0) is 19.1. The molecule has 2 bridgehead atoms. The molecule has 1 spiro atoms.